The molecule has 2 fully saturated rings. The predicted molar refractivity (Wildman–Crippen MR) is 84.2 cm³/mol. The quantitative estimate of drug-likeness (QED) is 0.646. The first-order valence-corrected chi connectivity index (χ1v) is 7.93. The van der Waals surface area contributed by atoms with E-state index in [1.54, 1.807) is 0 Å². The standard InChI is InChI=1S/C17H18N2O5/c1-10(16(22)18-12-4-5-12)24-17(23)11-2-6-13(7-3-11)19-14(20)8-9-15(19)21/h2-3,6-7,10,12H,4-5,8-9H2,1H3,(H,18,22). The maximum Gasteiger partial charge on any atom is 0.338 e. The van der Waals surface area contributed by atoms with E-state index in [4.69, 9.17) is 4.74 Å². The largest absolute Gasteiger partial charge is 0.449 e. The van der Waals surface area contributed by atoms with E-state index in [1.165, 1.54) is 31.2 Å². The number of carbonyl (C=O) groups excluding carboxylic acids is 4. The van der Waals surface area contributed by atoms with Crippen LogP contribution in [0.15, 0.2) is 24.3 Å². The van der Waals surface area contributed by atoms with Gasteiger partial charge in [-0.1, -0.05) is 0 Å². The number of carbonyl (C=O) groups is 4. The third-order valence-electron chi connectivity index (χ3n) is 3.99. The van der Waals surface area contributed by atoms with E-state index in [-0.39, 0.29) is 42.2 Å². The van der Waals surface area contributed by atoms with Gasteiger partial charge in [-0.05, 0) is 44.0 Å². The third kappa shape index (κ3) is 3.45. The SMILES string of the molecule is CC(OC(=O)c1ccc(N2C(=O)CCC2=O)cc1)C(=O)NC1CC1. The van der Waals surface area contributed by atoms with E-state index in [2.05, 4.69) is 5.32 Å². The highest BCUT2D eigenvalue weighted by Gasteiger charge is 2.30. The van der Waals surface area contributed by atoms with Gasteiger partial charge in [0.2, 0.25) is 11.8 Å². The highest BCUT2D eigenvalue weighted by Crippen LogP contribution is 2.23. The summed E-state index contributed by atoms with van der Waals surface area (Å²) in [6.45, 7) is 1.52. The van der Waals surface area contributed by atoms with Gasteiger partial charge in [0.1, 0.15) is 0 Å². The van der Waals surface area contributed by atoms with Gasteiger partial charge in [0.25, 0.3) is 5.91 Å². The first-order chi connectivity index (χ1) is 11.5. The second-order valence-electron chi connectivity index (χ2n) is 6.00. The Morgan fingerprint density at radius 1 is 1.12 bits per heavy atom. The second kappa shape index (κ2) is 6.43. The van der Waals surface area contributed by atoms with Gasteiger partial charge in [-0.3, -0.25) is 19.3 Å². The van der Waals surface area contributed by atoms with Crippen molar-refractivity contribution < 1.29 is 23.9 Å². The van der Waals surface area contributed by atoms with Crippen molar-refractivity contribution in [3.05, 3.63) is 29.8 Å². The molecule has 3 amide bonds. The lowest BCUT2D eigenvalue weighted by Crippen LogP contribution is -2.37. The van der Waals surface area contributed by atoms with Crippen LogP contribution in [0.5, 0.6) is 0 Å². The van der Waals surface area contributed by atoms with Gasteiger partial charge in [0.05, 0.1) is 11.3 Å². The minimum Gasteiger partial charge on any atom is -0.449 e. The molecule has 0 aromatic heterocycles. The van der Waals surface area contributed by atoms with Gasteiger partial charge in [-0.15, -0.1) is 0 Å². The first kappa shape index (κ1) is 16.2. The smallest absolute Gasteiger partial charge is 0.338 e. The maximum absolute atomic E-state index is 12.1. The van der Waals surface area contributed by atoms with Crippen LogP contribution in [-0.2, 0) is 19.1 Å². The van der Waals surface area contributed by atoms with Crippen LogP contribution in [-0.4, -0.2) is 35.8 Å². The molecule has 1 unspecified atom stereocenters. The molecule has 3 rings (SSSR count). The maximum atomic E-state index is 12.1. The predicted octanol–water partition coefficient (Wildman–Crippen LogP) is 1.16. The molecule has 0 spiro atoms. The van der Waals surface area contributed by atoms with Crippen LogP contribution >= 0.6 is 0 Å². The van der Waals surface area contributed by atoms with Crippen LogP contribution in [0.2, 0.25) is 0 Å². The van der Waals surface area contributed by atoms with Gasteiger partial charge in [0.15, 0.2) is 6.10 Å². The summed E-state index contributed by atoms with van der Waals surface area (Å²) in [6.07, 6.45) is 1.45. The zero-order valence-corrected chi connectivity index (χ0v) is 13.3. The normalized spacial score (nSPS) is 18.5. The average molecular weight is 330 g/mol. The van der Waals surface area contributed by atoms with E-state index >= 15 is 0 Å². The molecule has 1 aliphatic heterocycles. The summed E-state index contributed by atoms with van der Waals surface area (Å²) in [5.41, 5.74) is 0.683. The fraction of sp³-hybridized carbons (Fsp3) is 0.412. The molecule has 7 heteroatoms. The Kier molecular flexibility index (Phi) is 4.33. The number of imide groups is 1. The molecule has 1 aromatic carbocycles. The van der Waals surface area contributed by atoms with E-state index < -0.39 is 12.1 Å². The van der Waals surface area contributed by atoms with Crippen LogP contribution in [0, 0.1) is 0 Å². The molecule has 0 bridgehead atoms. The Balaban J connectivity index is 1.62. The molecule has 1 heterocycles. The van der Waals surface area contributed by atoms with E-state index in [0.717, 1.165) is 17.7 Å². The van der Waals surface area contributed by atoms with Gasteiger partial charge < -0.3 is 10.1 Å². The highest BCUT2D eigenvalue weighted by molar-refractivity contribution is 6.19. The summed E-state index contributed by atoms with van der Waals surface area (Å²) in [5.74, 6) is -1.43. The van der Waals surface area contributed by atoms with Crippen molar-refractivity contribution in [3.8, 4) is 0 Å². The molecule has 1 N–H and O–H groups in total. The van der Waals surface area contributed by atoms with Gasteiger partial charge in [0, 0.05) is 18.9 Å². The Morgan fingerprint density at radius 3 is 2.25 bits per heavy atom. The van der Waals surface area contributed by atoms with Crippen LogP contribution in [0.4, 0.5) is 5.69 Å². The Labute approximate surface area is 139 Å². The Hall–Kier alpha value is -2.70. The molecule has 2 aliphatic rings. The van der Waals surface area contributed by atoms with Crippen molar-refractivity contribution in [1.82, 2.24) is 5.32 Å². The number of ether oxygens (including phenoxy) is 1. The lowest BCUT2D eigenvalue weighted by molar-refractivity contribution is -0.129. The molecule has 1 saturated heterocycles. The van der Waals surface area contributed by atoms with E-state index in [1.807, 2.05) is 0 Å². The van der Waals surface area contributed by atoms with Crippen LogP contribution < -0.4 is 10.2 Å². The van der Waals surface area contributed by atoms with Crippen molar-refractivity contribution >= 4 is 29.4 Å². The number of hydrogen-bond donors (Lipinski definition) is 1. The molecule has 126 valence electrons. The number of esters is 1. The van der Waals surface area contributed by atoms with Crippen molar-refractivity contribution in [2.45, 2.75) is 44.8 Å². The number of anilines is 1. The van der Waals surface area contributed by atoms with Gasteiger partial charge >= 0.3 is 5.97 Å². The van der Waals surface area contributed by atoms with Crippen molar-refractivity contribution in [1.29, 1.82) is 0 Å². The zero-order chi connectivity index (χ0) is 17.3. The fourth-order valence-corrected chi connectivity index (χ4v) is 2.44. The van der Waals surface area contributed by atoms with Crippen molar-refractivity contribution in [2.75, 3.05) is 4.90 Å². The van der Waals surface area contributed by atoms with Crippen LogP contribution in [0.3, 0.4) is 0 Å². The minimum atomic E-state index is -0.875. The summed E-state index contributed by atoms with van der Waals surface area (Å²) in [4.78, 5) is 48.3. The summed E-state index contributed by atoms with van der Waals surface area (Å²) < 4.78 is 5.14. The van der Waals surface area contributed by atoms with Crippen molar-refractivity contribution in [2.24, 2.45) is 0 Å². The monoisotopic (exact) mass is 330 g/mol. The van der Waals surface area contributed by atoms with Gasteiger partial charge in [-0.25, -0.2) is 4.79 Å². The molecule has 7 nitrogen and oxygen atoms in total. The third-order valence-corrected chi connectivity index (χ3v) is 3.99. The summed E-state index contributed by atoms with van der Waals surface area (Å²) in [6, 6.07) is 6.19. The summed E-state index contributed by atoms with van der Waals surface area (Å²) in [5, 5.41) is 2.77. The number of rotatable bonds is 5. The zero-order valence-electron chi connectivity index (χ0n) is 13.3. The fourth-order valence-electron chi connectivity index (χ4n) is 2.44. The van der Waals surface area contributed by atoms with Crippen LogP contribution in [0.25, 0.3) is 0 Å². The molecule has 0 radical (unpaired) electrons. The van der Waals surface area contributed by atoms with E-state index in [9.17, 15) is 19.2 Å². The lowest BCUT2D eigenvalue weighted by Gasteiger charge is -2.15. The topological polar surface area (TPSA) is 92.8 Å². The number of hydrogen-bond acceptors (Lipinski definition) is 5. The molecular weight excluding hydrogens is 312 g/mol. The Morgan fingerprint density at radius 2 is 1.71 bits per heavy atom. The highest BCUT2D eigenvalue weighted by atomic mass is 16.5. The summed E-state index contributed by atoms with van der Waals surface area (Å²) >= 11 is 0. The number of amides is 3. The first-order valence-electron chi connectivity index (χ1n) is 7.93. The molecule has 1 aliphatic carbocycles. The molecule has 1 saturated carbocycles. The molecule has 24 heavy (non-hydrogen) atoms. The summed E-state index contributed by atoms with van der Waals surface area (Å²) in [7, 11) is 0. The molecule has 1 aromatic rings. The van der Waals surface area contributed by atoms with Crippen molar-refractivity contribution in [3.63, 3.8) is 0 Å². The second-order valence-corrected chi connectivity index (χ2v) is 6.00. The lowest BCUT2D eigenvalue weighted by atomic mass is 10.2. The Bertz CT molecular complexity index is 677. The number of nitrogens with zero attached hydrogens (tertiary/aromatic N) is 1. The number of benzene rings is 1. The molecular formula is C17H18N2O5. The van der Waals surface area contributed by atoms with Crippen LogP contribution in [0.1, 0.15) is 43.0 Å². The minimum absolute atomic E-state index is 0.202. The van der Waals surface area contributed by atoms with E-state index in [0.29, 0.717) is 5.69 Å². The average Bonchev–Trinajstić information content (AvgIpc) is 3.31. The van der Waals surface area contributed by atoms with Gasteiger partial charge in [-0.2, -0.15) is 0 Å². The molecule has 1 atom stereocenters. The number of nitrogens with one attached hydrogen (secondary N) is 1.